The molecule has 0 aliphatic heterocycles. The van der Waals surface area contributed by atoms with Crippen molar-refractivity contribution in [2.75, 3.05) is 0 Å². The van der Waals surface area contributed by atoms with Crippen LogP contribution in [0, 0.1) is 22.9 Å². The van der Waals surface area contributed by atoms with Gasteiger partial charge in [-0.05, 0) is 0 Å². The summed E-state index contributed by atoms with van der Waals surface area (Å²) in [6.45, 7) is 1.39. The molecule has 0 atom stereocenters. The van der Waals surface area contributed by atoms with E-state index in [4.69, 9.17) is 0 Å². The Labute approximate surface area is 87.5 Å². The number of fused-ring (bicyclic) bond motifs is 1. The van der Waals surface area contributed by atoms with Crippen molar-refractivity contribution >= 4 is 16.6 Å². The molecule has 0 saturated heterocycles. The van der Waals surface area contributed by atoms with E-state index in [1.165, 1.54) is 6.92 Å². The van der Waals surface area contributed by atoms with Gasteiger partial charge in [0.15, 0.2) is 11.7 Å². The number of aryl methyl sites for hydroxylation is 1. The predicted octanol–water partition coefficient (Wildman–Crippen LogP) is 1.54. The monoisotopic (exact) mass is 224 g/mol. The average Bonchev–Trinajstić information content (AvgIpc) is 2.19. The molecule has 0 N–H and O–H groups in total. The molecule has 16 heavy (non-hydrogen) atoms. The van der Waals surface area contributed by atoms with Crippen molar-refractivity contribution in [3.8, 4) is 0 Å². The van der Waals surface area contributed by atoms with Gasteiger partial charge >= 0.3 is 5.63 Å². The highest BCUT2D eigenvalue weighted by molar-refractivity contribution is 5.80. The molecule has 0 aliphatic carbocycles. The van der Waals surface area contributed by atoms with Crippen LogP contribution in [0.15, 0.2) is 21.3 Å². The van der Waals surface area contributed by atoms with E-state index < -0.39 is 22.1 Å². The molecular weight excluding hydrogens is 219 g/mol. The fraction of sp³-hybridized carbons (Fsp3) is 0.111. The van der Waals surface area contributed by atoms with Crippen molar-refractivity contribution in [3.05, 3.63) is 44.4 Å². The van der Waals surface area contributed by atoms with Crippen LogP contribution in [0.3, 0.4) is 0 Å². The van der Waals surface area contributed by atoms with Gasteiger partial charge in [0, 0.05) is 13.0 Å². The standard InChI is InChI=1S/C9H5FN2O4/c1-4-11-8-6(9(13)16-4)2-5(12(14)15)3-7(8)10/h2-3H,1H3. The topological polar surface area (TPSA) is 86.2 Å². The second kappa shape index (κ2) is 3.37. The first-order chi connectivity index (χ1) is 7.49. The predicted molar refractivity (Wildman–Crippen MR) is 51.6 cm³/mol. The van der Waals surface area contributed by atoms with Crippen molar-refractivity contribution in [3.63, 3.8) is 0 Å². The Morgan fingerprint density at radius 2 is 2.19 bits per heavy atom. The third kappa shape index (κ3) is 1.52. The van der Waals surface area contributed by atoms with Crippen LogP contribution in [0.25, 0.3) is 10.9 Å². The zero-order valence-electron chi connectivity index (χ0n) is 8.06. The Balaban J connectivity index is 2.93. The summed E-state index contributed by atoms with van der Waals surface area (Å²) in [7, 11) is 0. The number of halogens is 1. The van der Waals surface area contributed by atoms with Crippen molar-refractivity contribution in [2.45, 2.75) is 6.92 Å². The highest BCUT2D eigenvalue weighted by Crippen LogP contribution is 2.20. The van der Waals surface area contributed by atoms with Crippen LogP contribution in [0.1, 0.15) is 5.89 Å². The highest BCUT2D eigenvalue weighted by Gasteiger charge is 2.15. The van der Waals surface area contributed by atoms with Gasteiger partial charge < -0.3 is 4.42 Å². The maximum Gasteiger partial charge on any atom is 0.347 e. The fourth-order valence-electron chi connectivity index (χ4n) is 1.33. The minimum absolute atomic E-state index is 0.00486. The lowest BCUT2D eigenvalue weighted by Gasteiger charge is -1.98. The second-order valence-corrected chi connectivity index (χ2v) is 3.10. The van der Waals surface area contributed by atoms with Crippen LogP contribution in [0.4, 0.5) is 10.1 Å². The summed E-state index contributed by atoms with van der Waals surface area (Å²) in [5, 5.41) is 10.2. The largest absolute Gasteiger partial charge is 0.408 e. The quantitative estimate of drug-likeness (QED) is 0.541. The number of hydrogen-bond donors (Lipinski definition) is 0. The summed E-state index contributed by atoms with van der Waals surface area (Å²) in [6, 6.07) is 1.66. The van der Waals surface area contributed by atoms with Gasteiger partial charge in [0.2, 0.25) is 0 Å². The number of rotatable bonds is 1. The number of benzene rings is 1. The van der Waals surface area contributed by atoms with Gasteiger partial charge in [0.25, 0.3) is 5.69 Å². The van der Waals surface area contributed by atoms with E-state index in [1.807, 2.05) is 0 Å². The number of non-ortho nitro benzene ring substituents is 1. The molecule has 0 aliphatic rings. The van der Waals surface area contributed by atoms with Crippen LogP contribution in [0.5, 0.6) is 0 Å². The van der Waals surface area contributed by atoms with E-state index in [0.29, 0.717) is 6.07 Å². The Hall–Kier alpha value is -2.31. The van der Waals surface area contributed by atoms with Gasteiger partial charge in [-0.15, -0.1) is 0 Å². The van der Waals surface area contributed by atoms with Gasteiger partial charge in [-0.25, -0.2) is 14.2 Å². The molecular formula is C9H5FN2O4. The van der Waals surface area contributed by atoms with Crippen molar-refractivity contribution in [2.24, 2.45) is 0 Å². The third-order valence-corrected chi connectivity index (χ3v) is 1.99. The molecule has 0 radical (unpaired) electrons. The number of nitro groups is 1. The minimum Gasteiger partial charge on any atom is -0.408 e. The summed E-state index contributed by atoms with van der Waals surface area (Å²) in [5.41, 5.74) is -1.58. The highest BCUT2D eigenvalue weighted by atomic mass is 19.1. The Morgan fingerprint density at radius 3 is 2.81 bits per heavy atom. The summed E-state index contributed by atoms with van der Waals surface area (Å²) in [5.74, 6) is -0.912. The summed E-state index contributed by atoms with van der Waals surface area (Å²) >= 11 is 0. The normalized spacial score (nSPS) is 10.6. The Morgan fingerprint density at radius 1 is 1.50 bits per heavy atom. The van der Waals surface area contributed by atoms with Crippen molar-refractivity contribution in [1.82, 2.24) is 4.98 Å². The molecule has 1 aromatic heterocycles. The van der Waals surface area contributed by atoms with Gasteiger partial charge in [0.1, 0.15) is 5.52 Å². The molecule has 7 heteroatoms. The van der Waals surface area contributed by atoms with E-state index >= 15 is 0 Å². The zero-order valence-corrected chi connectivity index (χ0v) is 8.06. The van der Waals surface area contributed by atoms with Crippen LogP contribution in [-0.2, 0) is 0 Å². The van der Waals surface area contributed by atoms with Crippen LogP contribution >= 0.6 is 0 Å². The van der Waals surface area contributed by atoms with Crippen molar-refractivity contribution in [1.29, 1.82) is 0 Å². The maximum atomic E-state index is 13.4. The van der Waals surface area contributed by atoms with Gasteiger partial charge in [-0.2, -0.15) is 0 Å². The summed E-state index contributed by atoms with van der Waals surface area (Å²) in [6.07, 6.45) is 0. The Kier molecular flexibility index (Phi) is 2.15. The molecule has 0 spiro atoms. The molecule has 1 aromatic carbocycles. The molecule has 82 valence electrons. The lowest BCUT2D eigenvalue weighted by atomic mass is 10.2. The molecule has 0 amide bonds. The zero-order chi connectivity index (χ0) is 11.9. The SMILES string of the molecule is Cc1nc2c(F)cc([N+](=O)[O-])cc2c(=O)o1. The molecule has 1 heterocycles. The third-order valence-electron chi connectivity index (χ3n) is 1.99. The molecule has 6 nitrogen and oxygen atoms in total. The minimum atomic E-state index is -0.916. The number of hydrogen-bond acceptors (Lipinski definition) is 5. The maximum absolute atomic E-state index is 13.4. The molecule has 2 aromatic rings. The lowest BCUT2D eigenvalue weighted by Crippen LogP contribution is -2.05. The van der Waals surface area contributed by atoms with Gasteiger partial charge in [-0.1, -0.05) is 0 Å². The van der Waals surface area contributed by atoms with Crippen LogP contribution < -0.4 is 5.63 Å². The van der Waals surface area contributed by atoms with Crippen LogP contribution in [-0.4, -0.2) is 9.91 Å². The van der Waals surface area contributed by atoms with Gasteiger partial charge in [0.05, 0.1) is 16.4 Å². The molecule has 2 rings (SSSR count). The smallest absolute Gasteiger partial charge is 0.347 e. The first-order valence-electron chi connectivity index (χ1n) is 4.24. The summed E-state index contributed by atoms with van der Waals surface area (Å²) < 4.78 is 18.0. The number of nitrogens with zero attached hydrogens (tertiary/aromatic N) is 2. The Bertz CT molecular complexity index is 650. The molecule has 0 saturated carbocycles. The fourth-order valence-corrected chi connectivity index (χ4v) is 1.33. The second-order valence-electron chi connectivity index (χ2n) is 3.10. The number of nitro benzene ring substituents is 1. The van der Waals surface area contributed by atoms with Gasteiger partial charge in [-0.3, -0.25) is 10.1 Å². The molecule has 0 bridgehead atoms. The van der Waals surface area contributed by atoms with E-state index in [-0.39, 0.29) is 16.8 Å². The van der Waals surface area contributed by atoms with Crippen LogP contribution in [0.2, 0.25) is 0 Å². The lowest BCUT2D eigenvalue weighted by molar-refractivity contribution is -0.384. The molecule has 0 unspecified atom stereocenters. The first kappa shape index (κ1) is 10.2. The van der Waals surface area contributed by atoms with E-state index in [9.17, 15) is 19.3 Å². The number of aromatic nitrogens is 1. The molecule has 0 fully saturated rings. The first-order valence-corrected chi connectivity index (χ1v) is 4.24. The van der Waals surface area contributed by atoms with Crippen molar-refractivity contribution < 1.29 is 13.7 Å². The average molecular weight is 224 g/mol. The van der Waals surface area contributed by atoms with E-state index in [1.54, 1.807) is 0 Å². The van der Waals surface area contributed by atoms with E-state index in [0.717, 1.165) is 6.07 Å². The van der Waals surface area contributed by atoms with E-state index in [2.05, 4.69) is 9.40 Å². The summed E-state index contributed by atoms with van der Waals surface area (Å²) in [4.78, 5) is 24.7.